The molecule has 1 aliphatic rings. The molecule has 2 aromatic carbocycles. The van der Waals surface area contributed by atoms with Crippen molar-refractivity contribution in [2.45, 2.75) is 76.9 Å². The largest absolute Gasteiger partial charge is 0.497 e. The number of benzene rings is 2. The summed E-state index contributed by atoms with van der Waals surface area (Å²) in [5.41, 5.74) is 7.61. The zero-order chi connectivity index (χ0) is 24.6. The molecule has 1 aliphatic heterocycles. The molecular formula is C30H44N2OSi. The van der Waals surface area contributed by atoms with Gasteiger partial charge in [0.15, 0.2) is 8.24 Å². The first-order valence-electron chi connectivity index (χ1n) is 13.2. The van der Waals surface area contributed by atoms with E-state index in [2.05, 4.69) is 106 Å². The molecule has 3 nitrogen and oxygen atoms in total. The molecule has 0 N–H and O–H groups in total. The summed E-state index contributed by atoms with van der Waals surface area (Å²) < 4.78 is 8.21. The molecule has 184 valence electrons. The summed E-state index contributed by atoms with van der Waals surface area (Å²) in [6.07, 6.45) is 5.12. The van der Waals surface area contributed by atoms with Crippen molar-refractivity contribution in [1.82, 2.24) is 9.13 Å². The van der Waals surface area contributed by atoms with Gasteiger partial charge in [-0.1, -0.05) is 59.7 Å². The van der Waals surface area contributed by atoms with Crippen LogP contribution in [0.25, 0.3) is 22.0 Å². The smallest absolute Gasteiger partial charge is 0.169 e. The van der Waals surface area contributed by atoms with Crippen LogP contribution in [-0.2, 0) is 0 Å². The monoisotopic (exact) mass is 476 g/mol. The quantitative estimate of drug-likeness (QED) is 0.320. The highest BCUT2D eigenvalue weighted by Crippen LogP contribution is 2.46. The maximum Gasteiger partial charge on any atom is 0.169 e. The molecule has 2 heterocycles. The van der Waals surface area contributed by atoms with Gasteiger partial charge in [0, 0.05) is 10.9 Å². The Bertz CT molecular complexity index is 1080. The van der Waals surface area contributed by atoms with Crippen LogP contribution in [0.4, 0.5) is 0 Å². The highest BCUT2D eigenvalue weighted by Gasteiger charge is 2.46. The molecule has 1 saturated heterocycles. The summed E-state index contributed by atoms with van der Waals surface area (Å²) in [7, 11) is 2.14. The molecule has 0 atom stereocenters. The van der Waals surface area contributed by atoms with Crippen molar-refractivity contribution in [2.75, 3.05) is 27.2 Å². The third kappa shape index (κ3) is 4.24. The van der Waals surface area contributed by atoms with Gasteiger partial charge in [-0.25, -0.2) is 0 Å². The van der Waals surface area contributed by atoms with Gasteiger partial charge in [-0.15, -0.1) is 0 Å². The van der Waals surface area contributed by atoms with Crippen LogP contribution in [0.15, 0.2) is 48.7 Å². The summed E-state index contributed by atoms with van der Waals surface area (Å²) in [6, 6.07) is 15.7. The lowest BCUT2D eigenvalue weighted by Crippen LogP contribution is -2.51. The third-order valence-corrected chi connectivity index (χ3v) is 15.4. The van der Waals surface area contributed by atoms with E-state index in [1.807, 2.05) is 0 Å². The third-order valence-electron chi connectivity index (χ3n) is 8.61. The molecular weight excluding hydrogens is 432 g/mol. The second-order valence-corrected chi connectivity index (χ2v) is 17.1. The lowest BCUT2D eigenvalue weighted by Gasteiger charge is -2.44. The fraction of sp³-hybridized carbons (Fsp3) is 0.533. The summed E-state index contributed by atoms with van der Waals surface area (Å²) in [6.45, 7) is 17.2. The SMILES string of the molecule is COc1ccc(-c2ccc3c(c2)c(C2CCN(C)CC2)cn3[Si](C(C)C)(C(C)C)C(C)C)cc1. The van der Waals surface area contributed by atoms with Crippen molar-refractivity contribution in [3.63, 3.8) is 0 Å². The maximum atomic E-state index is 5.39. The average molecular weight is 477 g/mol. The summed E-state index contributed by atoms with van der Waals surface area (Å²) in [5, 5.41) is 1.47. The van der Waals surface area contributed by atoms with Gasteiger partial charge in [-0.05, 0) is 103 Å². The van der Waals surface area contributed by atoms with Crippen LogP contribution in [0.3, 0.4) is 0 Å². The lowest BCUT2D eigenvalue weighted by atomic mass is 9.89. The normalized spacial score (nSPS) is 16.3. The topological polar surface area (TPSA) is 17.4 Å². The van der Waals surface area contributed by atoms with E-state index in [1.165, 1.54) is 48.0 Å². The van der Waals surface area contributed by atoms with Crippen molar-refractivity contribution in [2.24, 2.45) is 0 Å². The van der Waals surface area contributed by atoms with E-state index >= 15 is 0 Å². The zero-order valence-electron chi connectivity index (χ0n) is 22.6. The molecule has 4 heteroatoms. The van der Waals surface area contributed by atoms with Gasteiger partial charge in [-0.3, -0.25) is 0 Å². The Hall–Kier alpha value is -2.04. The van der Waals surface area contributed by atoms with Crippen molar-refractivity contribution in [1.29, 1.82) is 0 Å². The van der Waals surface area contributed by atoms with Gasteiger partial charge < -0.3 is 13.9 Å². The van der Waals surface area contributed by atoms with E-state index < -0.39 is 8.24 Å². The first kappa shape index (κ1) is 25.1. The van der Waals surface area contributed by atoms with E-state index in [-0.39, 0.29) is 0 Å². The van der Waals surface area contributed by atoms with Crippen LogP contribution < -0.4 is 4.74 Å². The molecule has 4 rings (SSSR count). The predicted molar refractivity (Wildman–Crippen MR) is 150 cm³/mol. The van der Waals surface area contributed by atoms with Crippen molar-refractivity contribution >= 4 is 19.1 Å². The first-order chi connectivity index (χ1) is 16.2. The Labute approximate surface area is 208 Å². The van der Waals surface area contributed by atoms with Gasteiger partial charge in [0.2, 0.25) is 0 Å². The minimum Gasteiger partial charge on any atom is -0.497 e. The van der Waals surface area contributed by atoms with Gasteiger partial charge >= 0.3 is 0 Å². The Kier molecular flexibility index (Phi) is 7.30. The van der Waals surface area contributed by atoms with Crippen LogP contribution in [0, 0.1) is 0 Å². The Morgan fingerprint density at radius 1 is 0.824 bits per heavy atom. The predicted octanol–water partition coefficient (Wildman–Crippen LogP) is 8.15. The number of piperidine rings is 1. The number of aromatic nitrogens is 1. The summed E-state index contributed by atoms with van der Waals surface area (Å²) in [4.78, 5) is 2.48. The number of hydrogen-bond acceptors (Lipinski definition) is 2. The number of fused-ring (bicyclic) bond motifs is 1. The van der Waals surface area contributed by atoms with Crippen molar-refractivity contribution in [3.8, 4) is 16.9 Å². The molecule has 1 fully saturated rings. The second kappa shape index (κ2) is 9.91. The standard InChI is InChI=1S/C30H44N2OSi/c1-21(2)34(22(3)4,23(5)6)32-20-29(25-15-17-31(7)18-16-25)28-19-26(11-14-30(28)32)24-9-12-27(33-8)13-10-24/h9-14,19-23,25H,15-18H2,1-8H3. The summed E-state index contributed by atoms with van der Waals surface area (Å²) in [5.74, 6) is 1.55. The lowest BCUT2D eigenvalue weighted by molar-refractivity contribution is 0.256. The van der Waals surface area contributed by atoms with E-state index in [0.29, 0.717) is 22.5 Å². The molecule has 0 aliphatic carbocycles. The molecule has 1 aromatic heterocycles. The molecule has 34 heavy (non-hydrogen) atoms. The van der Waals surface area contributed by atoms with E-state index in [4.69, 9.17) is 4.74 Å². The van der Waals surface area contributed by atoms with Crippen LogP contribution in [0.5, 0.6) is 5.75 Å². The molecule has 0 saturated carbocycles. The van der Waals surface area contributed by atoms with E-state index in [9.17, 15) is 0 Å². The van der Waals surface area contributed by atoms with Gasteiger partial charge in [-0.2, -0.15) is 0 Å². The van der Waals surface area contributed by atoms with Crippen LogP contribution in [-0.4, -0.2) is 44.6 Å². The fourth-order valence-electron chi connectivity index (χ4n) is 7.02. The van der Waals surface area contributed by atoms with Crippen molar-refractivity contribution < 1.29 is 4.74 Å². The minimum atomic E-state index is -1.84. The number of hydrogen-bond donors (Lipinski definition) is 0. The van der Waals surface area contributed by atoms with Gasteiger partial charge in [0.1, 0.15) is 5.75 Å². The van der Waals surface area contributed by atoms with Gasteiger partial charge in [0.25, 0.3) is 0 Å². The highest BCUT2D eigenvalue weighted by atomic mass is 28.3. The molecule has 3 aromatic rings. The van der Waals surface area contributed by atoms with Crippen LogP contribution in [0.2, 0.25) is 16.6 Å². The number of methoxy groups -OCH3 is 1. The molecule has 0 amide bonds. The average Bonchev–Trinajstić information content (AvgIpc) is 3.18. The van der Waals surface area contributed by atoms with Gasteiger partial charge in [0.05, 0.1) is 7.11 Å². The summed E-state index contributed by atoms with van der Waals surface area (Å²) >= 11 is 0. The molecule has 0 unspecified atom stereocenters. The number of nitrogens with zero attached hydrogens (tertiary/aromatic N) is 2. The van der Waals surface area contributed by atoms with Crippen LogP contribution in [0.1, 0.15) is 65.9 Å². The Balaban J connectivity index is 1.93. The molecule has 0 bridgehead atoms. The maximum absolute atomic E-state index is 5.39. The molecule has 0 spiro atoms. The first-order valence-corrected chi connectivity index (χ1v) is 15.4. The Morgan fingerprint density at radius 2 is 1.38 bits per heavy atom. The highest BCUT2D eigenvalue weighted by molar-refractivity contribution is 6.82. The second-order valence-electron chi connectivity index (χ2n) is 11.3. The fourth-order valence-corrected chi connectivity index (χ4v) is 13.7. The minimum absolute atomic E-state index is 0.643. The van der Waals surface area contributed by atoms with E-state index in [1.54, 1.807) is 12.7 Å². The number of ether oxygens (including phenoxy) is 1. The zero-order valence-corrected chi connectivity index (χ0v) is 23.6. The van der Waals surface area contributed by atoms with Crippen molar-refractivity contribution in [3.05, 3.63) is 54.2 Å². The van der Waals surface area contributed by atoms with E-state index in [0.717, 1.165) is 5.75 Å². The van der Waals surface area contributed by atoms with Crippen LogP contribution >= 0.6 is 0 Å². The Morgan fingerprint density at radius 3 is 1.91 bits per heavy atom. The number of likely N-dealkylation sites (tertiary alicyclic amines) is 1. The molecule has 0 radical (unpaired) electrons. The number of rotatable bonds is 7.